The zero-order valence-electron chi connectivity index (χ0n) is 19.2. The van der Waals surface area contributed by atoms with Crippen molar-refractivity contribution in [2.24, 2.45) is 0 Å². The fourth-order valence-electron chi connectivity index (χ4n) is 4.02. The van der Waals surface area contributed by atoms with Crippen LogP contribution in [0.25, 0.3) is 16.7 Å². The lowest BCUT2D eigenvalue weighted by atomic mass is 10.1. The van der Waals surface area contributed by atoms with Crippen molar-refractivity contribution in [2.75, 3.05) is 0 Å². The number of halogens is 3. The van der Waals surface area contributed by atoms with E-state index < -0.39 is 28.8 Å². The zero-order valence-corrected chi connectivity index (χ0v) is 19.2. The molecule has 0 saturated carbocycles. The topological polar surface area (TPSA) is 102 Å². The van der Waals surface area contributed by atoms with E-state index in [0.717, 1.165) is 6.07 Å². The molecule has 0 atom stereocenters. The molecule has 11 heteroatoms. The number of carbonyl (C=O) groups excluding carboxylic acids is 1. The number of aryl methyl sites for hydroxylation is 3. The van der Waals surface area contributed by atoms with Crippen molar-refractivity contribution >= 4 is 16.9 Å². The molecule has 0 aliphatic heterocycles. The van der Waals surface area contributed by atoms with Gasteiger partial charge in [0, 0.05) is 24.3 Å². The molecule has 0 fully saturated rings. The Hall–Kier alpha value is -4.15. The number of nitrogens with zero attached hydrogens (tertiary/aromatic N) is 3. The van der Waals surface area contributed by atoms with E-state index >= 15 is 0 Å². The fourth-order valence-corrected chi connectivity index (χ4v) is 4.02. The van der Waals surface area contributed by atoms with Crippen LogP contribution in [0.4, 0.5) is 13.2 Å². The van der Waals surface area contributed by atoms with Crippen LogP contribution >= 0.6 is 0 Å². The van der Waals surface area contributed by atoms with E-state index in [2.05, 4.69) is 15.4 Å². The molecule has 8 nitrogen and oxygen atoms in total. The first-order chi connectivity index (χ1) is 16.5. The number of hydrogen-bond donors (Lipinski definition) is 2. The fraction of sp³-hybridized carbons (Fsp3) is 0.250. The zero-order chi connectivity index (χ0) is 25.5. The number of alkyl halides is 3. The monoisotopic (exact) mass is 485 g/mol. The van der Waals surface area contributed by atoms with Crippen LogP contribution in [0.2, 0.25) is 0 Å². The third kappa shape index (κ3) is 4.61. The molecule has 2 heterocycles. The van der Waals surface area contributed by atoms with Gasteiger partial charge >= 0.3 is 17.3 Å². The van der Waals surface area contributed by atoms with Gasteiger partial charge in [-0.1, -0.05) is 6.07 Å². The van der Waals surface area contributed by atoms with Crippen molar-refractivity contribution in [1.29, 1.82) is 0 Å². The second kappa shape index (κ2) is 8.90. The van der Waals surface area contributed by atoms with Gasteiger partial charge in [-0.15, -0.1) is 0 Å². The summed E-state index contributed by atoms with van der Waals surface area (Å²) in [5.41, 5.74) is -0.0413. The lowest BCUT2D eigenvalue weighted by Gasteiger charge is -2.16. The Morgan fingerprint density at radius 2 is 1.83 bits per heavy atom. The Morgan fingerprint density at radius 1 is 1.09 bits per heavy atom. The Balaban J connectivity index is 1.62. The predicted molar refractivity (Wildman–Crippen MR) is 124 cm³/mol. The van der Waals surface area contributed by atoms with Crippen molar-refractivity contribution < 1.29 is 18.0 Å². The molecule has 0 aliphatic carbocycles. The summed E-state index contributed by atoms with van der Waals surface area (Å²) in [6.45, 7) is 5.10. The van der Waals surface area contributed by atoms with Crippen LogP contribution in [0.1, 0.15) is 39.8 Å². The lowest BCUT2D eigenvalue weighted by Crippen LogP contribution is -2.36. The number of amides is 1. The molecule has 0 radical (unpaired) electrons. The van der Waals surface area contributed by atoms with Crippen LogP contribution in [0.15, 0.2) is 52.1 Å². The maximum atomic E-state index is 13.8. The molecular formula is C24H22F3N5O3. The van der Waals surface area contributed by atoms with Gasteiger partial charge in [0.15, 0.2) is 0 Å². The quantitative estimate of drug-likeness (QED) is 0.423. The summed E-state index contributed by atoms with van der Waals surface area (Å²) in [6, 6.07) is 9.93. The van der Waals surface area contributed by atoms with E-state index in [9.17, 15) is 27.6 Å². The minimum Gasteiger partial charge on any atom is -0.348 e. The Bertz CT molecular complexity index is 1560. The molecule has 182 valence electrons. The number of hydrogen-bond acceptors (Lipinski definition) is 4. The average molecular weight is 485 g/mol. The van der Waals surface area contributed by atoms with Crippen molar-refractivity contribution in [3.8, 4) is 5.69 Å². The predicted octanol–water partition coefficient (Wildman–Crippen LogP) is 3.46. The summed E-state index contributed by atoms with van der Waals surface area (Å²) in [7, 11) is 0. The second-order valence-corrected chi connectivity index (χ2v) is 8.10. The summed E-state index contributed by atoms with van der Waals surface area (Å²) >= 11 is 0. The van der Waals surface area contributed by atoms with Crippen LogP contribution in [0.5, 0.6) is 0 Å². The van der Waals surface area contributed by atoms with Gasteiger partial charge in [0.05, 0.1) is 28.0 Å². The van der Waals surface area contributed by atoms with E-state index in [0.29, 0.717) is 16.9 Å². The molecule has 2 N–H and O–H groups in total. The number of nitrogens with one attached hydrogen (secondary N) is 2. The number of aromatic nitrogens is 4. The first-order valence-electron chi connectivity index (χ1n) is 10.8. The van der Waals surface area contributed by atoms with E-state index in [1.165, 1.54) is 39.6 Å². The van der Waals surface area contributed by atoms with Gasteiger partial charge in [-0.2, -0.15) is 18.3 Å². The third-order valence-corrected chi connectivity index (χ3v) is 5.65. The summed E-state index contributed by atoms with van der Waals surface area (Å²) in [5, 5.41) is 6.73. The largest absolute Gasteiger partial charge is 0.416 e. The summed E-state index contributed by atoms with van der Waals surface area (Å²) in [6.07, 6.45) is -4.64. The molecule has 2 aromatic carbocycles. The Morgan fingerprint density at radius 3 is 2.46 bits per heavy atom. The molecule has 0 aliphatic rings. The standard InChI is InChI=1S/C24H22F3N5O3/c1-4-31-20-8-6-15(10-19(20)29-22(34)23(31)35)21(33)28-12-16-5-7-17(11-18(16)24(25,26)27)32-14(3)9-13(2)30-32/h5-11H,4,12H2,1-3H3,(H,28,33)(H,29,34). The molecule has 0 spiro atoms. The van der Waals surface area contributed by atoms with Gasteiger partial charge in [0.1, 0.15) is 0 Å². The SMILES string of the molecule is CCn1c(=O)c(=O)[nH]c2cc(C(=O)NCc3ccc(-n4nc(C)cc4C)cc3C(F)(F)F)ccc21. The summed E-state index contributed by atoms with van der Waals surface area (Å²) < 4.78 is 44.1. The molecule has 35 heavy (non-hydrogen) atoms. The number of aromatic amines is 1. The normalized spacial score (nSPS) is 11.7. The summed E-state index contributed by atoms with van der Waals surface area (Å²) in [5.74, 6) is -0.627. The molecule has 0 bridgehead atoms. The molecule has 4 aromatic rings. The van der Waals surface area contributed by atoms with Crippen LogP contribution in [-0.2, 0) is 19.3 Å². The van der Waals surface area contributed by atoms with Crippen molar-refractivity contribution in [3.05, 3.63) is 91.3 Å². The molecule has 1 amide bonds. The minimum absolute atomic E-state index is 0.106. The number of rotatable bonds is 5. The molecule has 0 unspecified atom stereocenters. The van der Waals surface area contributed by atoms with E-state index in [1.807, 2.05) is 0 Å². The van der Waals surface area contributed by atoms with Crippen molar-refractivity contribution in [1.82, 2.24) is 24.6 Å². The number of fused-ring (bicyclic) bond motifs is 1. The maximum Gasteiger partial charge on any atom is 0.416 e. The second-order valence-electron chi connectivity index (χ2n) is 8.10. The highest BCUT2D eigenvalue weighted by Crippen LogP contribution is 2.33. The Labute approximate surface area is 197 Å². The highest BCUT2D eigenvalue weighted by molar-refractivity contribution is 5.97. The Kier molecular flexibility index (Phi) is 6.10. The third-order valence-electron chi connectivity index (χ3n) is 5.65. The first-order valence-corrected chi connectivity index (χ1v) is 10.8. The molecule has 0 saturated heterocycles. The van der Waals surface area contributed by atoms with Gasteiger partial charge < -0.3 is 14.9 Å². The van der Waals surface area contributed by atoms with Gasteiger partial charge in [0.25, 0.3) is 5.91 Å². The molecular weight excluding hydrogens is 463 g/mol. The van der Waals surface area contributed by atoms with Crippen molar-refractivity contribution in [3.63, 3.8) is 0 Å². The van der Waals surface area contributed by atoms with E-state index in [-0.39, 0.29) is 35.4 Å². The van der Waals surface area contributed by atoms with E-state index in [1.54, 1.807) is 26.8 Å². The number of carbonyl (C=O) groups is 1. The maximum absolute atomic E-state index is 13.8. The van der Waals surface area contributed by atoms with Gasteiger partial charge in [-0.05, 0) is 62.7 Å². The van der Waals surface area contributed by atoms with Gasteiger partial charge in [-0.3, -0.25) is 14.4 Å². The highest BCUT2D eigenvalue weighted by Gasteiger charge is 2.34. The highest BCUT2D eigenvalue weighted by atomic mass is 19.4. The van der Waals surface area contributed by atoms with E-state index in [4.69, 9.17) is 0 Å². The van der Waals surface area contributed by atoms with Crippen LogP contribution < -0.4 is 16.4 Å². The van der Waals surface area contributed by atoms with Crippen LogP contribution in [0.3, 0.4) is 0 Å². The summed E-state index contributed by atoms with van der Waals surface area (Å²) in [4.78, 5) is 39.0. The van der Waals surface area contributed by atoms with Crippen LogP contribution in [0, 0.1) is 13.8 Å². The smallest absolute Gasteiger partial charge is 0.348 e. The average Bonchev–Trinajstić information content (AvgIpc) is 3.15. The number of benzene rings is 2. The van der Waals surface area contributed by atoms with Crippen LogP contribution in [-0.4, -0.2) is 25.2 Å². The number of H-pyrrole nitrogens is 1. The lowest BCUT2D eigenvalue weighted by molar-refractivity contribution is -0.138. The van der Waals surface area contributed by atoms with Gasteiger partial charge in [0.2, 0.25) is 0 Å². The molecule has 4 rings (SSSR count). The minimum atomic E-state index is -4.64. The van der Waals surface area contributed by atoms with Crippen molar-refractivity contribution in [2.45, 2.75) is 40.0 Å². The van der Waals surface area contributed by atoms with Gasteiger partial charge in [-0.25, -0.2) is 4.68 Å². The molecule has 2 aromatic heterocycles. The first kappa shape index (κ1) is 24.0.